The molecule has 0 saturated heterocycles. The number of carbonyl (C=O) groups is 1. The molecule has 0 fully saturated rings. The minimum atomic E-state index is -3.81. The summed E-state index contributed by atoms with van der Waals surface area (Å²) in [5, 5.41) is 7.69. The molecule has 2 N–H and O–H groups in total. The molecule has 3 aromatic rings. The zero-order chi connectivity index (χ0) is 19.8. The van der Waals surface area contributed by atoms with Gasteiger partial charge in [0, 0.05) is 11.4 Å². The predicted octanol–water partition coefficient (Wildman–Crippen LogP) is 4.02. The molecule has 7 nitrogen and oxygen atoms in total. The van der Waals surface area contributed by atoms with E-state index in [2.05, 4.69) is 15.2 Å². The van der Waals surface area contributed by atoms with Crippen LogP contribution in [0.15, 0.2) is 39.1 Å². The van der Waals surface area contributed by atoms with Crippen LogP contribution in [0.5, 0.6) is 0 Å². The van der Waals surface area contributed by atoms with Crippen LogP contribution < -0.4 is 10.0 Å². The summed E-state index contributed by atoms with van der Waals surface area (Å²) in [5.41, 5.74) is 3.29. The smallest absolute Gasteiger partial charge is 0.267 e. The maximum absolute atomic E-state index is 12.7. The van der Waals surface area contributed by atoms with Gasteiger partial charge in [-0.25, -0.2) is 8.42 Å². The Bertz CT molecular complexity index is 1090. The first-order chi connectivity index (χ1) is 12.7. The van der Waals surface area contributed by atoms with Crippen LogP contribution in [0, 0.1) is 27.7 Å². The van der Waals surface area contributed by atoms with Crippen molar-refractivity contribution in [1.82, 2.24) is 5.16 Å². The van der Waals surface area contributed by atoms with Crippen LogP contribution in [0.3, 0.4) is 0 Å². The Kier molecular flexibility index (Phi) is 5.07. The monoisotopic (exact) mass is 405 g/mol. The van der Waals surface area contributed by atoms with Crippen molar-refractivity contribution < 1.29 is 17.7 Å². The molecule has 1 aromatic carbocycles. The van der Waals surface area contributed by atoms with E-state index in [4.69, 9.17) is 4.52 Å². The SMILES string of the molecule is Cc1cc(C)c(NS(=O)(=O)c2csc(C(=O)Nc3cc(C)on3)c2)c(C)c1. The molecule has 0 unspecified atom stereocenters. The van der Waals surface area contributed by atoms with E-state index in [1.54, 1.807) is 13.0 Å². The van der Waals surface area contributed by atoms with Crippen molar-refractivity contribution in [1.29, 1.82) is 0 Å². The van der Waals surface area contributed by atoms with Gasteiger partial charge in [0.25, 0.3) is 15.9 Å². The topological polar surface area (TPSA) is 101 Å². The second-order valence-corrected chi connectivity index (χ2v) is 8.90. The van der Waals surface area contributed by atoms with Crippen LogP contribution >= 0.6 is 11.3 Å². The molecule has 0 radical (unpaired) electrons. The minimum absolute atomic E-state index is 0.0355. The number of aryl methyl sites for hydroxylation is 4. The average molecular weight is 406 g/mol. The number of nitrogens with zero attached hydrogens (tertiary/aromatic N) is 1. The molecule has 0 bridgehead atoms. The van der Waals surface area contributed by atoms with Gasteiger partial charge in [-0.1, -0.05) is 22.9 Å². The van der Waals surface area contributed by atoms with Crippen LogP contribution in [0.2, 0.25) is 0 Å². The van der Waals surface area contributed by atoms with E-state index in [0.29, 0.717) is 11.4 Å². The molecule has 1 amide bonds. The highest BCUT2D eigenvalue weighted by Gasteiger charge is 2.21. The van der Waals surface area contributed by atoms with Crippen molar-refractivity contribution in [3.63, 3.8) is 0 Å². The normalized spacial score (nSPS) is 11.4. The van der Waals surface area contributed by atoms with Crippen molar-refractivity contribution in [2.75, 3.05) is 10.0 Å². The predicted molar refractivity (Wildman–Crippen MR) is 105 cm³/mol. The number of hydrogen-bond acceptors (Lipinski definition) is 6. The van der Waals surface area contributed by atoms with Crippen molar-refractivity contribution >= 4 is 38.8 Å². The molecular formula is C18H19N3O4S2. The fraction of sp³-hybridized carbons (Fsp3) is 0.222. The highest BCUT2D eigenvalue weighted by Crippen LogP contribution is 2.27. The van der Waals surface area contributed by atoms with Gasteiger partial charge in [0.05, 0.1) is 15.5 Å². The van der Waals surface area contributed by atoms with E-state index in [9.17, 15) is 13.2 Å². The molecule has 9 heteroatoms. The fourth-order valence-corrected chi connectivity index (χ4v) is 5.09. The van der Waals surface area contributed by atoms with E-state index in [0.717, 1.165) is 28.0 Å². The number of thiophene rings is 1. The Hall–Kier alpha value is -2.65. The van der Waals surface area contributed by atoms with E-state index < -0.39 is 15.9 Å². The summed E-state index contributed by atoms with van der Waals surface area (Å²) in [4.78, 5) is 12.6. The quantitative estimate of drug-likeness (QED) is 0.667. The third-order valence-corrected chi connectivity index (χ3v) is 6.30. The Morgan fingerprint density at radius 3 is 2.33 bits per heavy atom. The molecule has 0 aliphatic heterocycles. The van der Waals surface area contributed by atoms with Crippen LogP contribution in [0.25, 0.3) is 0 Å². The van der Waals surface area contributed by atoms with Crippen LogP contribution in [-0.2, 0) is 10.0 Å². The number of amides is 1. The van der Waals surface area contributed by atoms with Gasteiger partial charge in [0.1, 0.15) is 5.76 Å². The summed E-state index contributed by atoms with van der Waals surface area (Å²) in [7, 11) is -3.81. The van der Waals surface area contributed by atoms with Crippen molar-refractivity contribution in [3.8, 4) is 0 Å². The lowest BCUT2D eigenvalue weighted by molar-refractivity contribution is 0.102. The van der Waals surface area contributed by atoms with Gasteiger partial charge < -0.3 is 9.84 Å². The van der Waals surface area contributed by atoms with Gasteiger partial charge in [0.2, 0.25) is 0 Å². The van der Waals surface area contributed by atoms with Gasteiger partial charge in [0.15, 0.2) is 5.82 Å². The number of nitrogens with one attached hydrogen (secondary N) is 2. The second-order valence-electron chi connectivity index (χ2n) is 6.30. The maximum atomic E-state index is 12.7. The second kappa shape index (κ2) is 7.16. The average Bonchev–Trinajstić information content (AvgIpc) is 3.20. The van der Waals surface area contributed by atoms with Crippen molar-refractivity contribution in [2.24, 2.45) is 0 Å². The number of hydrogen-bond donors (Lipinski definition) is 2. The number of sulfonamides is 1. The van der Waals surface area contributed by atoms with Gasteiger partial charge in [-0.15, -0.1) is 11.3 Å². The molecule has 2 heterocycles. The molecule has 142 valence electrons. The molecular weight excluding hydrogens is 386 g/mol. The molecule has 2 aromatic heterocycles. The van der Waals surface area contributed by atoms with Gasteiger partial charge in [-0.3, -0.25) is 9.52 Å². The summed E-state index contributed by atoms with van der Waals surface area (Å²) in [5.74, 6) is 0.393. The van der Waals surface area contributed by atoms with E-state index in [1.165, 1.54) is 11.4 Å². The standard InChI is InChI=1S/C18H19N3O4S2/c1-10-5-11(2)17(12(3)6-10)21-27(23,24)14-8-15(26-9-14)18(22)19-16-7-13(4)25-20-16/h5-9,21H,1-4H3,(H,19,20,22). The third kappa shape index (κ3) is 4.20. The van der Waals surface area contributed by atoms with Crippen LogP contribution in [0.1, 0.15) is 32.1 Å². The summed E-state index contributed by atoms with van der Waals surface area (Å²) in [6.07, 6.45) is 0. The number of aromatic nitrogens is 1. The first-order valence-corrected chi connectivity index (χ1v) is 10.5. The number of anilines is 2. The highest BCUT2D eigenvalue weighted by atomic mass is 32.2. The molecule has 0 aliphatic rings. The Balaban J connectivity index is 1.81. The number of benzene rings is 1. The largest absolute Gasteiger partial charge is 0.360 e. The first-order valence-electron chi connectivity index (χ1n) is 8.09. The van der Waals surface area contributed by atoms with Crippen LogP contribution in [0.4, 0.5) is 11.5 Å². The fourth-order valence-electron chi connectivity index (χ4n) is 2.72. The van der Waals surface area contributed by atoms with Gasteiger partial charge >= 0.3 is 0 Å². The Morgan fingerprint density at radius 2 is 1.74 bits per heavy atom. The summed E-state index contributed by atoms with van der Waals surface area (Å²) in [6, 6.07) is 6.75. The first kappa shape index (κ1) is 19.1. The van der Waals surface area contributed by atoms with Gasteiger partial charge in [-0.2, -0.15) is 0 Å². The summed E-state index contributed by atoms with van der Waals surface area (Å²) in [6.45, 7) is 7.37. The summed E-state index contributed by atoms with van der Waals surface area (Å²) >= 11 is 1.04. The molecule has 3 rings (SSSR count). The lowest BCUT2D eigenvalue weighted by Crippen LogP contribution is -2.15. The molecule has 0 aliphatic carbocycles. The molecule has 27 heavy (non-hydrogen) atoms. The number of rotatable bonds is 5. The lowest BCUT2D eigenvalue weighted by atomic mass is 10.1. The molecule has 0 spiro atoms. The maximum Gasteiger partial charge on any atom is 0.267 e. The van der Waals surface area contributed by atoms with Crippen LogP contribution in [-0.4, -0.2) is 19.5 Å². The molecule has 0 saturated carbocycles. The van der Waals surface area contributed by atoms with Gasteiger partial charge in [-0.05, 0) is 44.9 Å². The molecule has 0 atom stereocenters. The Labute approximate surface area is 161 Å². The summed E-state index contributed by atoms with van der Waals surface area (Å²) < 4.78 is 33.0. The van der Waals surface area contributed by atoms with E-state index in [1.807, 2.05) is 32.9 Å². The minimum Gasteiger partial charge on any atom is -0.360 e. The van der Waals surface area contributed by atoms with Crippen molar-refractivity contribution in [2.45, 2.75) is 32.6 Å². The third-order valence-electron chi connectivity index (χ3n) is 3.89. The van der Waals surface area contributed by atoms with Crippen molar-refractivity contribution in [3.05, 3.63) is 57.0 Å². The highest BCUT2D eigenvalue weighted by molar-refractivity contribution is 7.92. The zero-order valence-corrected chi connectivity index (χ0v) is 16.9. The number of carbonyl (C=O) groups excluding carboxylic acids is 1. The lowest BCUT2D eigenvalue weighted by Gasteiger charge is -2.13. The van der Waals surface area contributed by atoms with E-state index >= 15 is 0 Å². The van der Waals surface area contributed by atoms with E-state index in [-0.39, 0.29) is 15.6 Å². The zero-order valence-electron chi connectivity index (χ0n) is 15.3. The Morgan fingerprint density at radius 1 is 1.07 bits per heavy atom.